The molecule has 1 aromatic rings. The summed E-state index contributed by atoms with van der Waals surface area (Å²) in [6.07, 6.45) is 0. The number of hydroxylamine groups is 2. The Morgan fingerprint density at radius 3 is 2.56 bits per heavy atom. The van der Waals surface area contributed by atoms with Gasteiger partial charge in [-0.25, -0.2) is 5.06 Å². The number of benzene rings is 1. The van der Waals surface area contributed by atoms with Crippen molar-refractivity contribution in [2.24, 2.45) is 5.92 Å². The number of carbonyl (C=O) groups excluding carboxylic acids is 2. The maximum absolute atomic E-state index is 12.7. The van der Waals surface area contributed by atoms with Gasteiger partial charge < -0.3 is 19.7 Å². The van der Waals surface area contributed by atoms with Gasteiger partial charge in [0.25, 0.3) is 5.91 Å². The number of nitrogens with one attached hydrogen (secondary N) is 1. The largest absolute Gasteiger partial charge is 0.493 e. The van der Waals surface area contributed by atoms with E-state index in [0.29, 0.717) is 35.9 Å². The highest BCUT2D eigenvalue weighted by molar-refractivity contribution is 5.99. The molecule has 0 bridgehead atoms. The molecule has 1 atom stereocenters. The third-order valence-corrected chi connectivity index (χ3v) is 3.68. The van der Waals surface area contributed by atoms with E-state index in [1.54, 1.807) is 31.1 Å². The molecule has 0 radical (unpaired) electrons. The first kappa shape index (κ1) is 19.0. The maximum atomic E-state index is 12.7. The highest BCUT2D eigenvalue weighted by Crippen LogP contribution is 2.37. The first-order valence-corrected chi connectivity index (χ1v) is 8.01. The molecular formula is C17H25N3O5. The third-order valence-electron chi connectivity index (χ3n) is 3.68. The van der Waals surface area contributed by atoms with E-state index in [-0.39, 0.29) is 24.3 Å². The van der Waals surface area contributed by atoms with Crippen LogP contribution in [0.3, 0.4) is 0 Å². The van der Waals surface area contributed by atoms with Gasteiger partial charge >= 0.3 is 0 Å². The minimum absolute atomic E-state index is 0.205. The molecular weight excluding hydrogens is 326 g/mol. The summed E-state index contributed by atoms with van der Waals surface area (Å²) in [5.41, 5.74) is 0.733. The Labute approximate surface area is 147 Å². The molecule has 2 rings (SSSR count). The summed E-state index contributed by atoms with van der Waals surface area (Å²) in [4.78, 5) is 31.9. The number of nitrogens with zero attached hydrogens (tertiary/aromatic N) is 2. The molecule has 1 aromatic carbocycles. The average Bonchev–Trinajstić information content (AvgIpc) is 2.98. The monoisotopic (exact) mass is 351 g/mol. The van der Waals surface area contributed by atoms with Crippen molar-refractivity contribution < 1.29 is 23.9 Å². The second-order valence-corrected chi connectivity index (χ2v) is 6.31. The number of likely N-dealkylation sites (N-methyl/N-ethyl adjacent to an activating group) is 1. The number of carbonyl (C=O) groups is 2. The van der Waals surface area contributed by atoms with Crippen LogP contribution in [0, 0.1) is 5.92 Å². The first-order valence-electron chi connectivity index (χ1n) is 8.01. The molecule has 0 aliphatic carbocycles. The van der Waals surface area contributed by atoms with Gasteiger partial charge in [0, 0.05) is 11.5 Å². The lowest BCUT2D eigenvalue weighted by Gasteiger charge is -2.19. The molecule has 1 aliphatic heterocycles. The SMILES string of the molecule is COc1cc(C(=O)N2CC(C)CO2)cc(NC(=O)CN(C)C)c1OC. The van der Waals surface area contributed by atoms with E-state index < -0.39 is 0 Å². The van der Waals surface area contributed by atoms with Crippen molar-refractivity contribution >= 4 is 17.5 Å². The van der Waals surface area contributed by atoms with Crippen molar-refractivity contribution in [1.29, 1.82) is 0 Å². The Bertz CT molecular complexity index is 647. The molecule has 0 saturated carbocycles. The van der Waals surface area contributed by atoms with Crippen molar-refractivity contribution in [2.75, 3.05) is 53.3 Å². The van der Waals surface area contributed by atoms with Crippen LogP contribution in [0.4, 0.5) is 5.69 Å². The summed E-state index contributed by atoms with van der Waals surface area (Å²) in [5, 5.41) is 4.10. The Morgan fingerprint density at radius 1 is 1.32 bits per heavy atom. The number of hydrogen-bond acceptors (Lipinski definition) is 6. The summed E-state index contributed by atoms with van der Waals surface area (Å²) >= 11 is 0. The smallest absolute Gasteiger partial charge is 0.277 e. The molecule has 8 heteroatoms. The van der Waals surface area contributed by atoms with E-state index in [9.17, 15) is 9.59 Å². The van der Waals surface area contributed by atoms with Gasteiger partial charge in [-0.05, 0) is 26.2 Å². The van der Waals surface area contributed by atoms with Crippen LogP contribution >= 0.6 is 0 Å². The average molecular weight is 351 g/mol. The van der Waals surface area contributed by atoms with Gasteiger partial charge in [-0.3, -0.25) is 14.4 Å². The van der Waals surface area contributed by atoms with Crippen molar-refractivity contribution in [3.8, 4) is 11.5 Å². The highest BCUT2D eigenvalue weighted by atomic mass is 16.7. The van der Waals surface area contributed by atoms with E-state index in [1.807, 2.05) is 6.92 Å². The molecule has 8 nitrogen and oxygen atoms in total. The molecule has 0 aromatic heterocycles. The minimum Gasteiger partial charge on any atom is -0.493 e. The lowest BCUT2D eigenvalue weighted by atomic mass is 10.1. The van der Waals surface area contributed by atoms with Gasteiger partial charge in [0.1, 0.15) is 0 Å². The Hall–Kier alpha value is -2.32. The van der Waals surface area contributed by atoms with Gasteiger partial charge in [-0.2, -0.15) is 0 Å². The molecule has 1 saturated heterocycles. The van der Waals surface area contributed by atoms with Gasteiger partial charge in [-0.1, -0.05) is 6.92 Å². The minimum atomic E-state index is -0.284. The van der Waals surface area contributed by atoms with Crippen LogP contribution in [-0.4, -0.2) is 69.8 Å². The summed E-state index contributed by atoms with van der Waals surface area (Å²) in [6, 6.07) is 3.15. The van der Waals surface area contributed by atoms with Crippen LogP contribution in [0.5, 0.6) is 11.5 Å². The topological polar surface area (TPSA) is 80.3 Å². The predicted octanol–water partition coefficient (Wildman–Crippen LogP) is 1.23. The fourth-order valence-electron chi connectivity index (χ4n) is 2.55. The molecule has 1 N–H and O–H groups in total. The summed E-state index contributed by atoms with van der Waals surface area (Å²) in [5.74, 6) is 0.500. The lowest BCUT2D eigenvalue weighted by molar-refractivity contribution is -0.116. The number of rotatable bonds is 6. The van der Waals surface area contributed by atoms with Crippen LogP contribution in [0.25, 0.3) is 0 Å². The molecule has 1 aliphatic rings. The third kappa shape index (κ3) is 4.61. The number of hydrogen-bond donors (Lipinski definition) is 1. The Balaban J connectivity index is 2.33. The molecule has 1 fully saturated rings. The Morgan fingerprint density at radius 2 is 2.04 bits per heavy atom. The van der Waals surface area contributed by atoms with Gasteiger partial charge in [-0.15, -0.1) is 0 Å². The van der Waals surface area contributed by atoms with Crippen molar-refractivity contribution in [3.63, 3.8) is 0 Å². The van der Waals surface area contributed by atoms with Gasteiger partial charge in [0.15, 0.2) is 11.5 Å². The Kier molecular flexibility index (Phi) is 6.22. The number of methoxy groups -OCH3 is 2. The van der Waals surface area contributed by atoms with Crippen molar-refractivity contribution in [1.82, 2.24) is 9.96 Å². The second-order valence-electron chi connectivity index (χ2n) is 6.31. The van der Waals surface area contributed by atoms with Crippen LogP contribution in [0.2, 0.25) is 0 Å². The molecule has 25 heavy (non-hydrogen) atoms. The van der Waals surface area contributed by atoms with Crippen molar-refractivity contribution in [2.45, 2.75) is 6.92 Å². The number of anilines is 1. The van der Waals surface area contributed by atoms with Crippen LogP contribution in [0.1, 0.15) is 17.3 Å². The van der Waals surface area contributed by atoms with Crippen LogP contribution < -0.4 is 14.8 Å². The van der Waals surface area contributed by atoms with Gasteiger partial charge in [0.2, 0.25) is 5.91 Å². The van der Waals surface area contributed by atoms with Crippen LogP contribution in [0.15, 0.2) is 12.1 Å². The second kappa shape index (κ2) is 8.17. The first-order chi connectivity index (χ1) is 11.8. The number of amides is 2. The predicted molar refractivity (Wildman–Crippen MR) is 92.9 cm³/mol. The van der Waals surface area contributed by atoms with E-state index >= 15 is 0 Å². The van der Waals surface area contributed by atoms with E-state index in [0.717, 1.165) is 0 Å². The zero-order valence-electron chi connectivity index (χ0n) is 15.3. The zero-order valence-corrected chi connectivity index (χ0v) is 15.3. The molecule has 0 spiro atoms. The highest BCUT2D eigenvalue weighted by Gasteiger charge is 2.27. The van der Waals surface area contributed by atoms with Crippen LogP contribution in [-0.2, 0) is 9.63 Å². The fraction of sp³-hybridized carbons (Fsp3) is 0.529. The van der Waals surface area contributed by atoms with E-state index in [1.165, 1.54) is 19.3 Å². The summed E-state index contributed by atoms with van der Waals surface area (Å²) < 4.78 is 10.7. The molecule has 138 valence electrons. The summed E-state index contributed by atoms with van der Waals surface area (Å²) in [7, 11) is 6.55. The lowest BCUT2D eigenvalue weighted by Crippen LogP contribution is -2.29. The summed E-state index contributed by atoms with van der Waals surface area (Å²) in [6.45, 7) is 3.24. The van der Waals surface area contributed by atoms with E-state index in [4.69, 9.17) is 14.3 Å². The molecule has 1 unspecified atom stereocenters. The maximum Gasteiger partial charge on any atom is 0.277 e. The van der Waals surface area contributed by atoms with E-state index in [2.05, 4.69) is 5.32 Å². The zero-order chi connectivity index (χ0) is 18.6. The number of ether oxygens (including phenoxy) is 2. The van der Waals surface area contributed by atoms with Gasteiger partial charge in [0.05, 0.1) is 39.6 Å². The quantitative estimate of drug-likeness (QED) is 0.830. The molecule has 1 heterocycles. The standard InChI is InChI=1S/C17H25N3O5/c1-11-8-20(25-10-11)17(22)12-6-13(18-15(21)9-19(2)3)16(24-5)14(7-12)23-4/h6-7,11H,8-10H2,1-5H3,(H,18,21). The normalized spacial score (nSPS) is 16.9. The molecule has 2 amide bonds. The fourth-order valence-corrected chi connectivity index (χ4v) is 2.55. The van der Waals surface area contributed by atoms with Crippen molar-refractivity contribution in [3.05, 3.63) is 17.7 Å².